The molecule has 9 heteroatoms. The van der Waals surface area contributed by atoms with Crippen molar-refractivity contribution >= 4 is 18.6 Å². The van der Waals surface area contributed by atoms with E-state index in [1.807, 2.05) is 0 Å². The Morgan fingerprint density at radius 3 is 1.41 bits per heavy atom. The Labute approximate surface area is 101 Å². The second-order valence-electron chi connectivity index (χ2n) is 4.62. The summed E-state index contributed by atoms with van der Waals surface area (Å²) in [6, 6.07) is -0.320. The molecule has 0 aliphatic rings. The normalized spacial score (nSPS) is 14.6. The number of hydrogen-bond donors (Lipinski definition) is 0. The van der Waals surface area contributed by atoms with Crippen molar-refractivity contribution in [3.05, 3.63) is 0 Å². The molecule has 0 radical (unpaired) electrons. The molecular weight excluding hydrogens is 280 g/mol. The molecule has 0 fully saturated rings. The van der Waals surface area contributed by atoms with Crippen LogP contribution in [-0.4, -0.2) is 42.3 Å². The van der Waals surface area contributed by atoms with Crippen molar-refractivity contribution < 1.29 is 26.3 Å². The molecule has 104 valence electrons. The van der Waals surface area contributed by atoms with Crippen LogP contribution in [0.2, 0.25) is 18.6 Å². The quantitative estimate of drug-likeness (QED) is 0.557. The average Bonchev–Trinajstić information content (AvgIpc) is 2.09. The van der Waals surface area contributed by atoms with Crippen LogP contribution in [0.1, 0.15) is 12.8 Å². The second kappa shape index (κ2) is 5.74. The summed E-state index contributed by atoms with van der Waals surface area (Å²) in [5.74, 6) is 0. The molecule has 0 rings (SSSR count). The molecule has 0 aliphatic carbocycles. The third kappa shape index (κ3) is 7.82. The summed E-state index contributed by atoms with van der Waals surface area (Å²) >= 11 is 0. The van der Waals surface area contributed by atoms with E-state index < -0.39 is 33.4 Å². The van der Waals surface area contributed by atoms with E-state index in [0.717, 1.165) is 0 Å². The molecule has 0 aromatic carbocycles. The van der Waals surface area contributed by atoms with Crippen molar-refractivity contribution in [3.63, 3.8) is 0 Å². The molecule has 0 saturated heterocycles. The van der Waals surface area contributed by atoms with E-state index in [-0.39, 0.29) is 12.1 Å². The first-order chi connectivity index (χ1) is 7.36. The molecule has 0 amide bonds. The van der Waals surface area contributed by atoms with E-state index in [2.05, 4.69) is 0 Å². The van der Waals surface area contributed by atoms with E-state index in [1.54, 1.807) is 17.8 Å². The molecule has 1 nitrogen and oxygen atoms in total. The maximum atomic E-state index is 12.1. The maximum absolute atomic E-state index is 12.1. The van der Waals surface area contributed by atoms with Gasteiger partial charge in [0.25, 0.3) is 0 Å². The maximum Gasteiger partial charge on any atom is 0.388 e. The fourth-order valence-electron chi connectivity index (χ4n) is 1.39. The number of alkyl halides is 6. The monoisotopic (exact) mass is 297 g/mol. The van der Waals surface area contributed by atoms with Gasteiger partial charge in [-0.2, -0.15) is 26.3 Å². The minimum absolute atomic E-state index is 0.160. The molecule has 0 saturated carbocycles. The number of nitrogens with zero attached hydrogens (tertiary/aromatic N) is 1. The summed E-state index contributed by atoms with van der Waals surface area (Å²) in [4.78, 5) is 0. The summed E-state index contributed by atoms with van der Waals surface area (Å²) in [5.41, 5.74) is 0. The van der Waals surface area contributed by atoms with Crippen molar-refractivity contribution in [2.24, 2.45) is 0 Å². The zero-order valence-corrected chi connectivity index (χ0v) is 13.0. The average molecular weight is 297 g/mol. The van der Waals surface area contributed by atoms with Crippen LogP contribution in [0.15, 0.2) is 0 Å². The number of halogens is 6. The van der Waals surface area contributed by atoms with Crippen LogP contribution in [0.3, 0.4) is 0 Å². The summed E-state index contributed by atoms with van der Waals surface area (Å²) in [6.07, 6.45) is -10.5. The van der Waals surface area contributed by atoms with Gasteiger partial charge in [0, 0.05) is 12.8 Å². The van der Waals surface area contributed by atoms with E-state index in [0.29, 0.717) is 10.4 Å². The Kier molecular flexibility index (Phi) is 5.73. The fraction of sp³-hybridized carbons (Fsp3) is 1.00. The first-order valence-corrected chi connectivity index (χ1v) is 8.92. The van der Waals surface area contributed by atoms with E-state index in [4.69, 9.17) is 0 Å². The first-order valence-electron chi connectivity index (χ1n) is 5.17. The van der Waals surface area contributed by atoms with Gasteiger partial charge in [0.2, 0.25) is 0 Å². The topological polar surface area (TPSA) is 3.24 Å². The summed E-state index contributed by atoms with van der Waals surface area (Å²) in [7, 11) is -0.486. The lowest BCUT2D eigenvalue weighted by atomic mass is 10.5. The lowest BCUT2D eigenvalue weighted by molar-refractivity contribution is -0.131. The van der Waals surface area contributed by atoms with Gasteiger partial charge in [-0.05, 0) is 19.1 Å². The summed E-state index contributed by atoms with van der Waals surface area (Å²) < 4.78 is 74.4. The Morgan fingerprint density at radius 2 is 1.24 bits per heavy atom. The van der Waals surface area contributed by atoms with Gasteiger partial charge in [-0.25, -0.2) is 0 Å². The van der Waals surface area contributed by atoms with Gasteiger partial charge in [0.1, 0.15) is 8.24 Å². The molecule has 0 heterocycles. The molecular formula is C8H17F6NSi2. The van der Waals surface area contributed by atoms with Gasteiger partial charge < -0.3 is 4.23 Å². The third-order valence-corrected chi connectivity index (χ3v) is 11.0. The van der Waals surface area contributed by atoms with Crippen LogP contribution in [0, 0.1) is 0 Å². The molecule has 0 unspecified atom stereocenters. The van der Waals surface area contributed by atoms with Crippen molar-refractivity contribution in [3.8, 4) is 0 Å². The molecule has 0 spiro atoms. The second-order valence-corrected chi connectivity index (χ2v) is 11.7. The van der Waals surface area contributed by atoms with Gasteiger partial charge in [-0.1, -0.05) is 6.55 Å². The Morgan fingerprint density at radius 1 is 0.941 bits per heavy atom. The Balaban J connectivity index is 4.47. The lowest BCUT2D eigenvalue weighted by Gasteiger charge is -2.35. The van der Waals surface area contributed by atoms with Crippen LogP contribution < -0.4 is 0 Å². The third-order valence-electron chi connectivity index (χ3n) is 2.97. The standard InChI is InChI=1S/C8H17F6NSi2/c1-15(16)17(2,5-3-7(9,10)11)6-4-8(12,13)14/h3-6H2,1-2,16H3. The van der Waals surface area contributed by atoms with Crippen LogP contribution >= 0.6 is 0 Å². The van der Waals surface area contributed by atoms with Gasteiger partial charge in [-0.3, -0.25) is 0 Å². The van der Waals surface area contributed by atoms with Crippen LogP contribution in [0.5, 0.6) is 0 Å². The highest BCUT2D eigenvalue weighted by atomic mass is 28.4. The van der Waals surface area contributed by atoms with Crippen molar-refractivity contribution in [1.29, 1.82) is 0 Å². The van der Waals surface area contributed by atoms with Crippen molar-refractivity contribution in [1.82, 2.24) is 4.23 Å². The SMILES string of the molecule is CN([SiH3])[Si](C)(CCC(F)(F)F)CCC(F)(F)F. The molecule has 0 bridgehead atoms. The zero-order valence-electron chi connectivity index (χ0n) is 10.0. The Hall–Kier alpha value is -0.0262. The predicted molar refractivity (Wildman–Crippen MR) is 60.3 cm³/mol. The van der Waals surface area contributed by atoms with Crippen LogP contribution in [0.4, 0.5) is 26.3 Å². The Bertz CT molecular complexity index is 219. The molecule has 0 aliphatic heterocycles. The smallest absolute Gasteiger partial charge is 0.356 e. The zero-order chi connectivity index (χ0) is 13.9. The molecule has 0 N–H and O–H groups in total. The molecule has 0 atom stereocenters. The van der Waals surface area contributed by atoms with Crippen LogP contribution in [-0.2, 0) is 0 Å². The minimum Gasteiger partial charge on any atom is -0.356 e. The highest BCUT2D eigenvalue weighted by Gasteiger charge is 2.39. The fourth-order valence-corrected chi connectivity index (χ4v) is 5.52. The van der Waals surface area contributed by atoms with E-state index >= 15 is 0 Å². The highest BCUT2D eigenvalue weighted by Crippen LogP contribution is 2.33. The lowest BCUT2D eigenvalue weighted by Crippen LogP contribution is -2.48. The predicted octanol–water partition coefficient (Wildman–Crippen LogP) is 2.68. The van der Waals surface area contributed by atoms with Gasteiger partial charge in [-0.15, -0.1) is 0 Å². The summed E-state index contributed by atoms with van der Waals surface area (Å²) in [5, 5.41) is 0. The van der Waals surface area contributed by atoms with Crippen LogP contribution in [0.25, 0.3) is 0 Å². The molecule has 0 aromatic rings. The van der Waals surface area contributed by atoms with E-state index in [9.17, 15) is 26.3 Å². The van der Waals surface area contributed by atoms with Gasteiger partial charge in [0.05, 0.1) is 10.4 Å². The van der Waals surface area contributed by atoms with E-state index in [1.165, 1.54) is 0 Å². The van der Waals surface area contributed by atoms with Crippen molar-refractivity contribution in [2.45, 2.75) is 43.8 Å². The minimum atomic E-state index is -4.29. The summed E-state index contributed by atoms with van der Waals surface area (Å²) in [6.45, 7) is 1.59. The first kappa shape index (κ1) is 17.0. The van der Waals surface area contributed by atoms with Gasteiger partial charge >= 0.3 is 12.4 Å². The number of hydrogen-bond acceptors (Lipinski definition) is 1. The largest absolute Gasteiger partial charge is 0.388 e. The van der Waals surface area contributed by atoms with Gasteiger partial charge in [0.15, 0.2) is 0 Å². The number of rotatable bonds is 5. The molecule has 0 aromatic heterocycles. The highest BCUT2D eigenvalue weighted by molar-refractivity contribution is 6.79. The van der Waals surface area contributed by atoms with Crippen molar-refractivity contribution in [2.75, 3.05) is 7.05 Å². The molecule has 17 heavy (non-hydrogen) atoms.